The second-order valence-corrected chi connectivity index (χ2v) is 5.99. The fourth-order valence-electron chi connectivity index (χ4n) is 2.93. The summed E-state index contributed by atoms with van der Waals surface area (Å²) in [5.74, 6) is 0.693. The normalized spacial score (nSPS) is 22.1. The molecule has 2 N–H and O–H groups in total. The predicted molar refractivity (Wildman–Crippen MR) is 78.3 cm³/mol. The van der Waals surface area contributed by atoms with Crippen LogP contribution in [0.1, 0.15) is 39.5 Å². The Labute approximate surface area is 120 Å². The van der Waals surface area contributed by atoms with E-state index in [2.05, 4.69) is 16.7 Å². The van der Waals surface area contributed by atoms with E-state index in [1.807, 2.05) is 18.7 Å². The zero-order valence-corrected chi connectivity index (χ0v) is 12.4. The van der Waals surface area contributed by atoms with Crippen molar-refractivity contribution in [3.05, 3.63) is 11.6 Å². The molecule has 1 fully saturated rings. The van der Waals surface area contributed by atoms with Crippen LogP contribution in [0.25, 0.3) is 0 Å². The van der Waals surface area contributed by atoms with Gasteiger partial charge in [-0.2, -0.15) is 0 Å². The van der Waals surface area contributed by atoms with Crippen molar-refractivity contribution < 1.29 is 9.59 Å². The molecule has 0 radical (unpaired) electrons. The van der Waals surface area contributed by atoms with Gasteiger partial charge in [0.1, 0.15) is 0 Å². The van der Waals surface area contributed by atoms with Crippen LogP contribution in [0.3, 0.4) is 0 Å². The van der Waals surface area contributed by atoms with Gasteiger partial charge in [0.15, 0.2) is 0 Å². The molecule has 20 heavy (non-hydrogen) atoms. The van der Waals surface area contributed by atoms with Gasteiger partial charge in [-0.15, -0.1) is 0 Å². The van der Waals surface area contributed by atoms with Gasteiger partial charge in [0.05, 0.1) is 6.54 Å². The smallest absolute Gasteiger partial charge is 0.315 e. The van der Waals surface area contributed by atoms with E-state index in [9.17, 15) is 9.59 Å². The number of urea groups is 1. The number of nitrogens with zero attached hydrogens (tertiary/aromatic N) is 1. The molecular formula is C15H25N3O2. The van der Waals surface area contributed by atoms with Crippen LogP contribution in [-0.4, -0.2) is 42.5 Å². The van der Waals surface area contributed by atoms with Crippen LogP contribution in [-0.2, 0) is 4.79 Å². The molecule has 112 valence electrons. The monoisotopic (exact) mass is 279 g/mol. The summed E-state index contributed by atoms with van der Waals surface area (Å²) in [5.41, 5.74) is 1.42. The zero-order valence-electron chi connectivity index (χ0n) is 12.4. The molecule has 3 amide bonds. The van der Waals surface area contributed by atoms with E-state index < -0.39 is 0 Å². The first-order valence-electron chi connectivity index (χ1n) is 7.57. The minimum Gasteiger partial charge on any atom is -0.337 e. The van der Waals surface area contributed by atoms with Gasteiger partial charge in [0.25, 0.3) is 0 Å². The number of likely N-dealkylation sites (tertiary alicyclic amines) is 1. The molecule has 2 rings (SSSR count). The van der Waals surface area contributed by atoms with Gasteiger partial charge < -0.3 is 15.5 Å². The molecule has 1 atom stereocenters. The fraction of sp³-hybridized carbons (Fsp3) is 0.733. The first-order valence-corrected chi connectivity index (χ1v) is 7.57. The van der Waals surface area contributed by atoms with Gasteiger partial charge in [-0.25, -0.2) is 4.79 Å². The Morgan fingerprint density at radius 1 is 1.40 bits per heavy atom. The molecule has 1 saturated heterocycles. The second-order valence-electron chi connectivity index (χ2n) is 5.99. The summed E-state index contributed by atoms with van der Waals surface area (Å²) >= 11 is 0. The summed E-state index contributed by atoms with van der Waals surface area (Å²) < 4.78 is 0. The Kier molecular flexibility index (Phi) is 5.04. The van der Waals surface area contributed by atoms with Crippen molar-refractivity contribution in [1.82, 2.24) is 15.5 Å². The maximum atomic E-state index is 12.1. The quantitative estimate of drug-likeness (QED) is 0.772. The summed E-state index contributed by atoms with van der Waals surface area (Å²) in [6, 6.07) is -0.201. The van der Waals surface area contributed by atoms with Crippen molar-refractivity contribution in [2.75, 3.05) is 19.6 Å². The molecule has 2 aliphatic rings. The van der Waals surface area contributed by atoms with Crippen LogP contribution >= 0.6 is 0 Å². The van der Waals surface area contributed by atoms with Crippen molar-refractivity contribution in [3.63, 3.8) is 0 Å². The summed E-state index contributed by atoms with van der Waals surface area (Å²) in [6.07, 6.45) is 7.05. The molecule has 0 bridgehead atoms. The van der Waals surface area contributed by atoms with E-state index in [1.165, 1.54) is 18.4 Å². The molecule has 0 aromatic heterocycles. The summed E-state index contributed by atoms with van der Waals surface area (Å²) in [5, 5.41) is 5.34. The Bertz CT molecular complexity index is 404. The topological polar surface area (TPSA) is 61.4 Å². The molecule has 0 spiro atoms. The van der Waals surface area contributed by atoms with E-state index in [0.717, 1.165) is 25.9 Å². The maximum absolute atomic E-state index is 12.1. The highest BCUT2D eigenvalue weighted by Gasteiger charge is 2.27. The molecule has 1 heterocycles. The van der Waals surface area contributed by atoms with Crippen LogP contribution < -0.4 is 10.6 Å². The zero-order chi connectivity index (χ0) is 14.5. The third-order valence-electron chi connectivity index (χ3n) is 3.98. The van der Waals surface area contributed by atoms with Crippen molar-refractivity contribution >= 4 is 11.9 Å². The van der Waals surface area contributed by atoms with Crippen LogP contribution in [0, 0.1) is 5.92 Å². The Morgan fingerprint density at radius 3 is 2.95 bits per heavy atom. The third kappa shape index (κ3) is 3.99. The van der Waals surface area contributed by atoms with Gasteiger partial charge in [-0.1, -0.05) is 11.6 Å². The minimum absolute atomic E-state index is 0.00818. The van der Waals surface area contributed by atoms with Crippen LogP contribution in [0.15, 0.2) is 11.6 Å². The number of rotatable bonds is 3. The SMILES string of the molecule is CC(C)NC(=O)NCC(=O)N1CCC2CCCC=C2C1. The lowest BCUT2D eigenvalue weighted by Crippen LogP contribution is -2.48. The highest BCUT2D eigenvalue weighted by atomic mass is 16.2. The van der Waals surface area contributed by atoms with E-state index in [1.54, 1.807) is 0 Å². The Hall–Kier alpha value is -1.52. The molecule has 0 saturated carbocycles. The number of hydrogen-bond acceptors (Lipinski definition) is 2. The Morgan fingerprint density at radius 2 is 2.20 bits per heavy atom. The number of carbonyl (C=O) groups is 2. The lowest BCUT2D eigenvalue weighted by Gasteiger charge is -2.36. The van der Waals surface area contributed by atoms with Crippen molar-refractivity contribution in [1.29, 1.82) is 0 Å². The van der Waals surface area contributed by atoms with E-state index in [-0.39, 0.29) is 24.5 Å². The van der Waals surface area contributed by atoms with Crippen molar-refractivity contribution in [2.24, 2.45) is 5.92 Å². The average molecular weight is 279 g/mol. The van der Waals surface area contributed by atoms with Gasteiger partial charge in [0, 0.05) is 19.1 Å². The summed E-state index contributed by atoms with van der Waals surface area (Å²) in [4.78, 5) is 25.4. The standard InChI is InChI=1S/C15H25N3O2/c1-11(2)17-15(20)16-9-14(19)18-8-7-12-5-3-4-6-13(12)10-18/h6,11-12H,3-5,7-10H2,1-2H3,(H2,16,17,20). The molecule has 5 nitrogen and oxygen atoms in total. The second kappa shape index (κ2) is 6.77. The maximum Gasteiger partial charge on any atom is 0.315 e. The first kappa shape index (κ1) is 14.9. The molecule has 0 aromatic carbocycles. The van der Waals surface area contributed by atoms with E-state index >= 15 is 0 Å². The highest BCUT2D eigenvalue weighted by Crippen LogP contribution is 2.31. The molecule has 1 aliphatic carbocycles. The first-order chi connectivity index (χ1) is 9.56. The van der Waals surface area contributed by atoms with Gasteiger partial charge in [-0.05, 0) is 45.4 Å². The molecule has 0 aromatic rings. The molecule has 1 unspecified atom stereocenters. The minimum atomic E-state index is -0.278. The highest BCUT2D eigenvalue weighted by molar-refractivity contribution is 5.84. The molecule has 1 aliphatic heterocycles. The van der Waals surface area contributed by atoms with Crippen molar-refractivity contribution in [2.45, 2.75) is 45.6 Å². The number of fused-ring (bicyclic) bond motifs is 1. The van der Waals surface area contributed by atoms with E-state index in [0.29, 0.717) is 5.92 Å². The third-order valence-corrected chi connectivity index (χ3v) is 3.98. The van der Waals surface area contributed by atoms with Crippen LogP contribution in [0.5, 0.6) is 0 Å². The van der Waals surface area contributed by atoms with Gasteiger partial charge in [0.2, 0.25) is 5.91 Å². The largest absolute Gasteiger partial charge is 0.337 e. The molecular weight excluding hydrogens is 254 g/mol. The van der Waals surface area contributed by atoms with Crippen LogP contribution in [0.4, 0.5) is 4.79 Å². The van der Waals surface area contributed by atoms with E-state index in [4.69, 9.17) is 0 Å². The Balaban J connectivity index is 1.78. The van der Waals surface area contributed by atoms with Crippen LogP contribution in [0.2, 0.25) is 0 Å². The fourth-order valence-corrected chi connectivity index (χ4v) is 2.93. The number of allylic oxidation sites excluding steroid dienone is 1. The summed E-state index contributed by atoms with van der Waals surface area (Å²) in [7, 11) is 0. The number of piperidine rings is 1. The number of nitrogens with one attached hydrogen (secondary N) is 2. The number of hydrogen-bond donors (Lipinski definition) is 2. The number of carbonyl (C=O) groups excluding carboxylic acids is 2. The lowest BCUT2D eigenvalue weighted by molar-refractivity contribution is -0.130. The average Bonchev–Trinajstić information content (AvgIpc) is 2.43. The van der Waals surface area contributed by atoms with Gasteiger partial charge >= 0.3 is 6.03 Å². The molecule has 5 heteroatoms. The number of amides is 3. The lowest BCUT2D eigenvalue weighted by atomic mass is 9.82. The van der Waals surface area contributed by atoms with Crippen molar-refractivity contribution in [3.8, 4) is 0 Å². The summed E-state index contributed by atoms with van der Waals surface area (Å²) in [6.45, 7) is 5.42. The predicted octanol–water partition coefficient (Wildman–Crippen LogP) is 1.65. The van der Waals surface area contributed by atoms with Gasteiger partial charge in [-0.3, -0.25) is 4.79 Å².